The number of nitrogens with zero attached hydrogens (tertiary/aromatic N) is 1. The van der Waals surface area contributed by atoms with Crippen molar-refractivity contribution in [3.05, 3.63) is 27.7 Å². The van der Waals surface area contributed by atoms with E-state index in [0.717, 1.165) is 15.7 Å². The number of hydrogen-bond acceptors (Lipinski definition) is 3. The molecule has 102 valence electrons. The summed E-state index contributed by atoms with van der Waals surface area (Å²) in [6, 6.07) is 3.56. The summed E-state index contributed by atoms with van der Waals surface area (Å²) < 4.78 is 5.51. The molecule has 0 saturated carbocycles. The van der Waals surface area contributed by atoms with Gasteiger partial charge in [-0.2, -0.15) is 0 Å². The molecule has 6 heteroatoms. The predicted octanol–water partition coefficient (Wildman–Crippen LogP) is 3.04. The summed E-state index contributed by atoms with van der Waals surface area (Å²) in [4.78, 5) is 25.6. The summed E-state index contributed by atoms with van der Waals surface area (Å²) in [6.07, 6.45) is 0.472. The van der Waals surface area contributed by atoms with E-state index in [9.17, 15) is 9.59 Å². The van der Waals surface area contributed by atoms with Crippen molar-refractivity contribution < 1.29 is 14.3 Å². The summed E-state index contributed by atoms with van der Waals surface area (Å²) in [5.41, 5.74) is 1.98. The Morgan fingerprint density at radius 3 is 2.68 bits per heavy atom. The maximum Gasteiger partial charge on any atom is 0.338 e. The van der Waals surface area contributed by atoms with E-state index in [-0.39, 0.29) is 10.7 Å². The van der Waals surface area contributed by atoms with E-state index >= 15 is 0 Å². The van der Waals surface area contributed by atoms with E-state index in [1.165, 1.54) is 7.11 Å². The number of carbonyl (C=O) groups is 2. The van der Waals surface area contributed by atoms with Crippen molar-refractivity contribution in [2.24, 2.45) is 0 Å². The maximum atomic E-state index is 12.0. The molecule has 0 N–H and O–H groups in total. The van der Waals surface area contributed by atoms with E-state index in [0.29, 0.717) is 18.5 Å². The molecular formula is C13H13Br2NO3. The number of amides is 1. The van der Waals surface area contributed by atoms with Crippen LogP contribution in [0.1, 0.15) is 22.3 Å². The number of halogens is 2. The van der Waals surface area contributed by atoms with E-state index < -0.39 is 5.97 Å². The van der Waals surface area contributed by atoms with Crippen molar-refractivity contribution in [1.82, 2.24) is 0 Å². The van der Waals surface area contributed by atoms with Crippen LogP contribution in [0.25, 0.3) is 0 Å². The molecule has 4 nitrogen and oxygen atoms in total. The fraction of sp³-hybridized carbons (Fsp3) is 0.385. The Morgan fingerprint density at radius 2 is 2.16 bits per heavy atom. The number of benzene rings is 1. The number of alkyl halides is 1. The van der Waals surface area contributed by atoms with Gasteiger partial charge < -0.3 is 9.64 Å². The van der Waals surface area contributed by atoms with E-state index in [1.807, 2.05) is 13.0 Å². The maximum absolute atomic E-state index is 12.0. The summed E-state index contributed by atoms with van der Waals surface area (Å²) in [7, 11) is 1.35. The SMILES string of the molecule is COC(=O)c1cc(Br)cc(N2CC(Br)CC2=O)c1C. The minimum Gasteiger partial charge on any atom is -0.465 e. The number of hydrogen-bond donors (Lipinski definition) is 0. The van der Waals surface area contributed by atoms with E-state index in [4.69, 9.17) is 4.74 Å². The molecule has 1 fully saturated rings. The fourth-order valence-electron chi connectivity index (χ4n) is 2.16. The van der Waals surface area contributed by atoms with Crippen LogP contribution in [0.2, 0.25) is 0 Å². The smallest absolute Gasteiger partial charge is 0.338 e. The van der Waals surface area contributed by atoms with Gasteiger partial charge in [-0.25, -0.2) is 4.79 Å². The van der Waals surface area contributed by atoms with Crippen molar-refractivity contribution in [1.29, 1.82) is 0 Å². The number of methoxy groups -OCH3 is 1. The molecule has 1 unspecified atom stereocenters. The van der Waals surface area contributed by atoms with Crippen molar-refractivity contribution in [2.75, 3.05) is 18.6 Å². The Bertz CT molecular complexity index is 545. The van der Waals surface area contributed by atoms with Crippen molar-refractivity contribution in [3.8, 4) is 0 Å². The highest BCUT2D eigenvalue weighted by molar-refractivity contribution is 9.10. The zero-order valence-corrected chi connectivity index (χ0v) is 13.7. The van der Waals surface area contributed by atoms with Crippen LogP contribution >= 0.6 is 31.9 Å². The Hall–Kier alpha value is -0.880. The van der Waals surface area contributed by atoms with Crippen LogP contribution in [0.3, 0.4) is 0 Å². The van der Waals surface area contributed by atoms with Crippen molar-refractivity contribution in [3.63, 3.8) is 0 Å². The number of rotatable bonds is 2. The van der Waals surface area contributed by atoms with Crippen LogP contribution < -0.4 is 4.90 Å². The van der Waals surface area contributed by atoms with Gasteiger partial charge in [0.1, 0.15) is 0 Å². The second-order valence-corrected chi connectivity index (χ2v) is 6.61. The zero-order valence-electron chi connectivity index (χ0n) is 10.6. The van der Waals surface area contributed by atoms with E-state index in [2.05, 4.69) is 31.9 Å². The molecule has 1 amide bonds. The molecule has 1 aromatic rings. The highest BCUT2D eigenvalue weighted by atomic mass is 79.9. The molecule has 2 rings (SSSR count). The quantitative estimate of drug-likeness (QED) is 0.576. The summed E-state index contributed by atoms with van der Waals surface area (Å²) in [5.74, 6) is -0.346. The van der Waals surface area contributed by atoms with Crippen LogP contribution in [0.5, 0.6) is 0 Å². The lowest BCUT2D eigenvalue weighted by Crippen LogP contribution is -2.26. The van der Waals surface area contributed by atoms with E-state index in [1.54, 1.807) is 11.0 Å². The standard InChI is InChI=1S/C13H13Br2NO3/c1-7-10(13(18)19-2)3-8(14)4-11(7)16-6-9(15)5-12(16)17/h3-4,9H,5-6H2,1-2H3. The molecule has 0 bridgehead atoms. The molecule has 0 radical (unpaired) electrons. The first-order valence-corrected chi connectivity index (χ1v) is 7.47. The van der Waals surface area contributed by atoms with Gasteiger partial charge in [-0.1, -0.05) is 31.9 Å². The molecule has 0 aliphatic carbocycles. The van der Waals surface area contributed by atoms with Crippen LogP contribution in [-0.2, 0) is 9.53 Å². The molecule has 0 spiro atoms. The first-order chi connectivity index (χ1) is 8.93. The second-order valence-electron chi connectivity index (χ2n) is 4.39. The lowest BCUT2D eigenvalue weighted by Gasteiger charge is -2.20. The Balaban J connectivity index is 2.49. The van der Waals surface area contributed by atoms with Gasteiger partial charge in [-0.15, -0.1) is 0 Å². The number of carbonyl (C=O) groups excluding carboxylic acids is 2. The van der Waals surface area contributed by atoms with Gasteiger partial charge >= 0.3 is 5.97 Å². The molecule has 1 heterocycles. The Morgan fingerprint density at radius 1 is 1.47 bits per heavy atom. The average Bonchev–Trinajstić information content (AvgIpc) is 2.70. The molecular weight excluding hydrogens is 378 g/mol. The molecule has 1 saturated heterocycles. The molecule has 1 aliphatic rings. The predicted molar refractivity (Wildman–Crippen MR) is 79.9 cm³/mol. The number of ether oxygens (including phenoxy) is 1. The van der Waals surface area contributed by atoms with Crippen LogP contribution in [0.15, 0.2) is 16.6 Å². The van der Waals surface area contributed by atoms with Crippen molar-refractivity contribution >= 4 is 49.4 Å². The van der Waals surface area contributed by atoms with Gasteiger partial charge in [-0.3, -0.25) is 4.79 Å². The number of esters is 1. The lowest BCUT2D eigenvalue weighted by molar-refractivity contribution is -0.117. The third kappa shape index (κ3) is 2.84. The largest absolute Gasteiger partial charge is 0.465 e. The molecule has 19 heavy (non-hydrogen) atoms. The summed E-state index contributed by atoms with van der Waals surface area (Å²) in [6.45, 7) is 2.43. The summed E-state index contributed by atoms with van der Waals surface area (Å²) >= 11 is 6.82. The monoisotopic (exact) mass is 389 g/mol. The molecule has 1 aliphatic heterocycles. The van der Waals surface area contributed by atoms with Crippen LogP contribution in [-0.4, -0.2) is 30.4 Å². The topological polar surface area (TPSA) is 46.6 Å². The second kappa shape index (κ2) is 5.63. The third-order valence-electron chi connectivity index (χ3n) is 3.12. The third-order valence-corrected chi connectivity index (χ3v) is 4.19. The minimum atomic E-state index is -0.401. The van der Waals surface area contributed by atoms with Gasteiger partial charge in [0.2, 0.25) is 5.91 Å². The van der Waals surface area contributed by atoms with Gasteiger partial charge in [0.15, 0.2) is 0 Å². The highest BCUT2D eigenvalue weighted by Gasteiger charge is 2.31. The average molecular weight is 391 g/mol. The van der Waals surface area contributed by atoms with Crippen LogP contribution in [0, 0.1) is 6.92 Å². The first-order valence-electron chi connectivity index (χ1n) is 5.77. The molecule has 0 aromatic heterocycles. The van der Waals surface area contributed by atoms with Crippen LogP contribution in [0.4, 0.5) is 5.69 Å². The number of anilines is 1. The fourth-order valence-corrected chi connectivity index (χ4v) is 3.18. The molecule has 1 atom stereocenters. The summed E-state index contributed by atoms with van der Waals surface area (Å²) in [5, 5.41) is 0. The van der Waals surface area contributed by atoms with Gasteiger partial charge in [-0.05, 0) is 24.6 Å². The Labute approximate surface area is 128 Å². The normalized spacial score (nSPS) is 18.8. The molecule has 1 aromatic carbocycles. The minimum absolute atomic E-state index is 0.0545. The van der Waals surface area contributed by atoms with Gasteiger partial charge in [0.05, 0.1) is 12.7 Å². The van der Waals surface area contributed by atoms with Gasteiger partial charge in [0.25, 0.3) is 0 Å². The lowest BCUT2D eigenvalue weighted by atomic mass is 10.1. The Kier molecular flexibility index (Phi) is 4.30. The highest BCUT2D eigenvalue weighted by Crippen LogP contribution is 2.32. The van der Waals surface area contributed by atoms with Gasteiger partial charge in [0, 0.05) is 28.0 Å². The van der Waals surface area contributed by atoms with Crippen molar-refractivity contribution in [2.45, 2.75) is 18.2 Å². The first kappa shape index (κ1) is 14.5. The zero-order chi connectivity index (χ0) is 14.2.